The molecule has 1 N–H and O–H groups in total. The van der Waals surface area contributed by atoms with Crippen LogP contribution < -0.4 is 5.32 Å². The summed E-state index contributed by atoms with van der Waals surface area (Å²) in [5, 5.41) is 6.93. The average Bonchev–Trinajstić information content (AvgIpc) is 3.26. The first-order valence-corrected chi connectivity index (χ1v) is 11.9. The van der Waals surface area contributed by atoms with E-state index in [0.29, 0.717) is 44.8 Å². The van der Waals surface area contributed by atoms with Crippen LogP contribution in [0.25, 0.3) is 0 Å². The van der Waals surface area contributed by atoms with E-state index in [2.05, 4.69) is 15.4 Å². The van der Waals surface area contributed by atoms with Crippen molar-refractivity contribution in [1.82, 2.24) is 19.1 Å². The number of carbonyl (C=O) groups excluding carboxylic acids is 1. The van der Waals surface area contributed by atoms with Crippen molar-refractivity contribution in [3.63, 3.8) is 0 Å². The number of morpholine rings is 1. The third kappa shape index (κ3) is 4.87. The Balaban J connectivity index is 1.52. The molecule has 2 aromatic carbocycles. The van der Waals surface area contributed by atoms with Crippen molar-refractivity contribution in [3.8, 4) is 0 Å². The minimum atomic E-state index is -3.73. The number of amides is 1. The van der Waals surface area contributed by atoms with Crippen molar-refractivity contribution in [2.45, 2.75) is 24.8 Å². The van der Waals surface area contributed by atoms with Crippen LogP contribution in [0.5, 0.6) is 0 Å². The maximum Gasteiger partial charge on any atom is 0.258 e. The monoisotopic (exact) mass is 455 g/mol. The third-order valence-electron chi connectivity index (χ3n) is 5.25. The van der Waals surface area contributed by atoms with E-state index in [1.54, 1.807) is 16.8 Å². The van der Waals surface area contributed by atoms with Crippen LogP contribution in [-0.4, -0.2) is 59.7 Å². The predicted octanol–water partition coefficient (Wildman–Crippen LogP) is 2.16. The molecule has 32 heavy (non-hydrogen) atoms. The van der Waals surface area contributed by atoms with E-state index in [1.165, 1.54) is 16.7 Å². The van der Waals surface area contributed by atoms with Gasteiger partial charge < -0.3 is 4.74 Å². The average molecular weight is 456 g/mol. The number of rotatable bonds is 7. The Bertz CT molecular complexity index is 1190. The van der Waals surface area contributed by atoms with Crippen LogP contribution in [0.2, 0.25) is 0 Å². The molecule has 0 radical (unpaired) electrons. The molecule has 4 rings (SSSR count). The van der Waals surface area contributed by atoms with Gasteiger partial charge in [0, 0.05) is 18.7 Å². The normalized spacial score (nSPS) is 14.9. The van der Waals surface area contributed by atoms with Gasteiger partial charge in [-0.1, -0.05) is 43.3 Å². The van der Waals surface area contributed by atoms with Gasteiger partial charge in [0.05, 0.1) is 24.7 Å². The van der Waals surface area contributed by atoms with Crippen molar-refractivity contribution >= 4 is 21.9 Å². The van der Waals surface area contributed by atoms with Gasteiger partial charge in [0.1, 0.15) is 6.33 Å². The summed E-state index contributed by atoms with van der Waals surface area (Å²) in [6.07, 6.45) is 2.07. The molecule has 1 amide bonds. The number of nitrogens with one attached hydrogen (secondary N) is 1. The van der Waals surface area contributed by atoms with Crippen LogP contribution in [0, 0.1) is 0 Å². The topological polar surface area (TPSA) is 106 Å². The summed E-state index contributed by atoms with van der Waals surface area (Å²) >= 11 is 0. The zero-order valence-corrected chi connectivity index (χ0v) is 18.6. The number of aryl methyl sites for hydroxylation is 1. The molecular formula is C22H25N5O4S. The van der Waals surface area contributed by atoms with Gasteiger partial charge in [-0.2, -0.15) is 4.31 Å². The van der Waals surface area contributed by atoms with Crippen molar-refractivity contribution in [2.75, 3.05) is 31.6 Å². The number of ether oxygens (including phenoxy) is 1. The molecule has 0 aliphatic carbocycles. The second-order valence-corrected chi connectivity index (χ2v) is 9.30. The van der Waals surface area contributed by atoms with Crippen molar-refractivity contribution in [2.24, 2.45) is 0 Å². The fraction of sp³-hybridized carbons (Fsp3) is 0.318. The highest BCUT2D eigenvalue weighted by Crippen LogP contribution is 2.24. The second kappa shape index (κ2) is 9.60. The van der Waals surface area contributed by atoms with E-state index >= 15 is 0 Å². The van der Waals surface area contributed by atoms with Gasteiger partial charge in [-0.05, 0) is 29.7 Å². The second-order valence-electron chi connectivity index (χ2n) is 7.40. The maximum atomic E-state index is 13.2. The summed E-state index contributed by atoms with van der Waals surface area (Å²) in [5.74, 6) is -0.313. The molecule has 1 aliphatic rings. The summed E-state index contributed by atoms with van der Waals surface area (Å²) < 4.78 is 34.7. The van der Waals surface area contributed by atoms with E-state index in [4.69, 9.17) is 4.74 Å². The number of sulfonamides is 1. The molecule has 0 spiro atoms. The van der Waals surface area contributed by atoms with Gasteiger partial charge in [-0.25, -0.2) is 18.1 Å². The van der Waals surface area contributed by atoms with E-state index in [1.807, 2.05) is 37.3 Å². The number of nitrogens with zero attached hydrogens (tertiary/aromatic N) is 4. The van der Waals surface area contributed by atoms with Crippen LogP contribution >= 0.6 is 0 Å². The number of anilines is 1. The lowest BCUT2D eigenvalue weighted by atomic mass is 10.1. The number of benzene rings is 2. The molecule has 0 saturated carbocycles. The zero-order chi connectivity index (χ0) is 22.6. The third-order valence-corrected chi connectivity index (χ3v) is 7.23. The molecule has 1 aliphatic heterocycles. The summed E-state index contributed by atoms with van der Waals surface area (Å²) in [6.45, 7) is 3.72. The molecular weight excluding hydrogens is 430 g/mol. The quantitative estimate of drug-likeness (QED) is 0.585. The zero-order valence-electron chi connectivity index (χ0n) is 17.8. The van der Waals surface area contributed by atoms with Crippen molar-refractivity contribution in [3.05, 3.63) is 71.5 Å². The Morgan fingerprint density at radius 1 is 1.12 bits per heavy atom. The highest BCUT2D eigenvalue weighted by molar-refractivity contribution is 7.89. The van der Waals surface area contributed by atoms with Gasteiger partial charge in [-0.3, -0.25) is 10.1 Å². The molecule has 3 aromatic rings. The minimum Gasteiger partial charge on any atom is -0.379 e. The Labute approximate surface area is 187 Å². The van der Waals surface area contributed by atoms with Crippen molar-refractivity contribution < 1.29 is 17.9 Å². The first-order valence-electron chi connectivity index (χ1n) is 10.4. The summed E-state index contributed by atoms with van der Waals surface area (Å²) in [5.41, 5.74) is 1.95. The number of hydrogen-bond acceptors (Lipinski definition) is 6. The largest absolute Gasteiger partial charge is 0.379 e. The molecule has 1 saturated heterocycles. The first kappa shape index (κ1) is 22.1. The van der Waals surface area contributed by atoms with Crippen LogP contribution in [0.4, 0.5) is 5.95 Å². The van der Waals surface area contributed by atoms with Gasteiger partial charge in [-0.15, -0.1) is 5.10 Å². The molecule has 1 fully saturated rings. The Morgan fingerprint density at radius 2 is 1.88 bits per heavy atom. The smallest absolute Gasteiger partial charge is 0.258 e. The van der Waals surface area contributed by atoms with E-state index in [-0.39, 0.29) is 16.4 Å². The van der Waals surface area contributed by atoms with Gasteiger partial charge >= 0.3 is 0 Å². The fourth-order valence-electron chi connectivity index (χ4n) is 3.53. The highest BCUT2D eigenvalue weighted by Gasteiger charge is 2.29. The standard InChI is InChI=1S/C22H25N5O4S/c1-2-18-8-9-19(14-20(18)32(29,30)27-10-12-31-13-11-27)21(28)24-22-23-16-26(25-22)15-17-6-4-3-5-7-17/h3-9,14,16H,2,10-13,15H2,1H3,(H,24,25,28). The maximum absolute atomic E-state index is 13.2. The predicted molar refractivity (Wildman–Crippen MR) is 119 cm³/mol. The van der Waals surface area contributed by atoms with Crippen molar-refractivity contribution in [1.29, 1.82) is 0 Å². The van der Waals surface area contributed by atoms with Crippen LogP contribution in [-0.2, 0) is 27.7 Å². The van der Waals surface area contributed by atoms with Gasteiger partial charge in [0.2, 0.25) is 16.0 Å². The highest BCUT2D eigenvalue weighted by atomic mass is 32.2. The lowest BCUT2D eigenvalue weighted by Gasteiger charge is -2.27. The fourth-order valence-corrected chi connectivity index (χ4v) is 5.25. The lowest BCUT2D eigenvalue weighted by molar-refractivity contribution is 0.0730. The van der Waals surface area contributed by atoms with E-state index < -0.39 is 15.9 Å². The Hall–Kier alpha value is -3.08. The molecule has 9 nitrogen and oxygen atoms in total. The summed E-state index contributed by atoms with van der Waals surface area (Å²) in [6, 6.07) is 14.5. The lowest BCUT2D eigenvalue weighted by Crippen LogP contribution is -2.41. The van der Waals surface area contributed by atoms with Crippen LogP contribution in [0.1, 0.15) is 28.4 Å². The van der Waals surface area contributed by atoms with Gasteiger partial charge in [0.15, 0.2) is 0 Å². The number of aromatic nitrogens is 3. The van der Waals surface area contributed by atoms with E-state index in [0.717, 1.165) is 5.56 Å². The van der Waals surface area contributed by atoms with Gasteiger partial charge in [0.25, 0.3) is 5.91 Å². The first-order chi connectivity index (χ1) is 15.5. The molecule has 0 bridgehead atoms. The summed E-state index contributed by atoms with van der Waals surface area (Å²) in [7, 11) is -3.73. The van der Waals surface area contributed by atoms with Crippen LogP contribution in [0.15, 0.2) is 59.8 Å². The molecule has 0 atom stereocenters. The molecule has 10 heteroatoms. The Morgan fingerprint density at radius 3 is 2.59 bits per heavy atom. The molecule has 2 heterocycles. The number of carbonyl (C=O) groups is 1. The summed E-state index contributed by atoms with van der Waals surface area (Å²) in [4.78, 5) is 17.1. The molecule has 168 valence electrons. The molecule has 0 unspecified atom stereocenters. The number of hydrogen-bond donors (Lipinski definition) is 1. The molecule has 1 aromatic heterocycles. The SMILES string of the molecule is CCc1ccc(C(=O)Nc2ncn(Cc3ccccc3)n2)cc1S(=O)(=O)N1CCOCC1. The minimum absolute atomic E-state index is 0.150. The van der Waals surface area contributed by atoms with E-state index in [9.17, 15) is 13.2 Å². The van der Waals surface area contributed by atoms with Crippen LogP contribution in [0.3, 0.4) is 0 Å². The Kier molecular flexibility index (Phi) is 6.63.